The van der Waals surface area contributed by atoms with Crippen molar-refractivity contribution in [1.29, 1.82) is 0 Å². The zero-order chi connectivity index (χ0) is 25.9. The molecule has 0 radical (unpaired) electrons. The van der Waals surface area contributed by atoms with Crippen LogP contribution in [0.1, 0.15) is 34.6 Å². The molecule has 0 aliphatic carbocycles. The Morgan fingerprint density at radius 1 is 1.05 bits per heavy atom. The van der Waals surface area contributed by atoms with Crippen molar-refractivity contribution >= 4 is 34.6 Å². The molecule has 0 unspecified atom stereocenters. The summed E-state index contributed by atoms with van der Waals surface area (Å²) in [7, 11) is 1.50. The molecule has 2 N–H and O–H groups in total. The predicted molar refractivity (Wildman–Crippen MR) is 150 cm³/mol. The van der Waals surface area contributed by atoms with Gasteiger partial charge in [0.05, 0.1) is 11.7 Å². The third-order valence-electron chi connectivity index (χ3n) is 6.53. The van der Waals surface area contributed by atoms with Gasteiger partial charge in [-0.1, -0.05) is 23.8 Å². The smallest absolute Gasteiger partial charge is 0.250 e. The Morgan fingerprint density at radius 3 is 2.54 bits per heavy atom. The van der Waals surface area contributed by atoms with Crippen molar-refractivity contribution < 1.29 is 9.53 Å². The van der Waals surface area contributed by atoms with Gasteiger partial charge in [-0.05, 0) is 86.2 Å². The Labute approximate surface area is 222 Å². The zero-order valence-corrected chi connectivity index (χ0v) is 21.8. The highest BCUT2D eigenvalue weighted by molar-refractivity contribution is 7.80. The Bertz CT molecular complexity index is 1420. The lowest BCUT2D eigenvalue weighted by atomic mass is 10.00. The summed E-state index contributed by atoms with van der Waals surface area (Å²) in [5.74, 6) is -0.194. The molecule has 3 heterocycles. The van der Waals surface area contributed by atoms with E-state index in [0.717, 1.165) is 34.0 Å². The first kappa shape index (κ1) is 24.7. The van der Waals surface area contributed by atoms with E-state index >= 15 is 0 Å². The molecule has 2 aromatic carbocycles. The van der Waals surface area contributed by atoms with Crippen molar-refractivity contribution in [3.05, 3.63) is 108 Å². The van der Waals surface area contributed by atoms with Crippen LogP contribution < -0.4 is 15.5 Å². The molecule has 7 nitrogen and oxygen atoms in total. The van der Waals surface area contributed by atoms with E-state index in [0.29, 0.717) is 5.11 Å². The standard InChI is InChI=1S/C29H29N5O2S/c1-19-9-11-21(12-10-19)33-16-6-8-25(33)28-27(24-7-4-5-15-30-24)32-29(37)34(28)22-13-14-23(20(2)17-22)31-26(35)18-36-3/h4-17,27-28H,18H2,1-3H3,(H,31,35)(H,32,37)/t27-,28+/m0/s1. The van der Waals surface area contributed by atoms with Crippen LogP contribution >= 0.6 is 12.2 Å². The van der Waals surface area contributed by atoms with Gasteiger partial charge in [0.25, 0.3) is 0 Å². The topological polar surface area (TPSA) is 71.4 Å². The molecule has 0 spiro atoms. The van der Waals surface area contributed by atoms with E-state index in [1.54, 1.807) is 6.20 Å². The van der Waals surface area contributed by atoms with Crippen molar-refractivity contribution in [2.24, 2.45) is 0 Å². The number of methoxy groups -OCH3 is 1. The lowest BCUT2D eigenvalue weighted by Gasteiger charge is -2.29. The number of pyridine rings is 1. The number of hydrogen-bond donors (Lipinski definition) is 2. The summed E-state index contributed by atoms with van der Waals surface area (Å²) in [5, 5.41) is 7.05. The number of hydrogen-bond acceptors (Lipinski definition) is 4. The van der Waals surface area contributed by atoms with Gasteiger partial charge in [0.15, 0.2) is 5.11 Å². The minimum atomic E-state index is -0.194. The van der Waals surface area contributed by atoms with E-state index in [9.17, 15) is 4.79 Å². The van der Waals surface area contributed by atoms with Crippen molar-refractivity contribution in [2.45, 2.75) is 25.9 Å². The minimum absolute atomic E-state index is 0.00511. The van der Waals surface area contributed by atoms with Gasteiger partial charge in [-0.15, -0.1) is 0 Å². The lowest BCUT2D eigenvalue weighted by molar-refractivity contribution is -0.119. The number of carbonyl (C=O) groups is 1. The molecule has 1 amide bonds. The van der Waals surface area contributed by atoms with Crippen LogP contribution in [0, 0.1) is 13.8 Å². The highest BCUT2D eigenvalue weighted by atomic mass is 32.1. The quantitative estimate of drug-likeness (QED) is 0.330. The van der Waals surface area contributed by atoms with Gasteiger partial charge in [0.2, 0.25) is 5.91 Å². The normalized spacial score (nSPS) is 17.1. The van der Waals surface area contributed by atoms with Crippen molar-refractivity contribution in [1.82, 2.24) is 14.9 Å². The lowest BCUT2D eigenvalue weighted by Crippen LogP contribution is -2.30. The Morgan fingerprint density at radius 2 is 1.84 bits per heavy atom. The fourth-order valence-corrected chi connectivity index (χ4v) is 5.11. The number of anilines is 2. The molecule has 1 aliphatic rings. The van der Waals surface area contributed by atoms with Gasteiger partial charge < -0.3 is 24.8 Å². The average Bonchev–Trinajstić information content (AvgIpc) is 3.51. The maximum Gasteiger partial charge on any atom is 0.250 e. The van der Waals surface area contributed by atoms with E-state index in [4.69, 9.17) is 17.0 Å². The summed E-state index contributed by atoms with van der Waals surface area (Å²) >= 11 is 5.90. The van der Waals surface area contributed by atoms with Gasteiger partial charge in [-0.2, -0.15) is 0 Å². The van der Waals surface area contributed by atoms with Crippen LogP contribution in [-0.2, 0) is 9.53 Å². The number of benzene rings is 2. The molecule has 188 valence electrons. The second-order valence-electron chi connectivity index (χ2n) is 9.12. The SMILES string of the molecule is COCC(=O)Nc1ccc(N2C(=S)N[C@@H](c3ccccn3)[C@H]2c2cccn2-c2ccc(C)cc2)cc1C. The van der Waals surface area contributed by atoms with Crippen LogP contribution in [0.3, 0.4) is 0 Å². The van der Waals surface area contributed by atoms with E-state index in [-0.39, 0.29) is 24.6 Å². The molecule has 4 aromatic rings. The van der Waals surface area contributed by atoms with E-state index < -0.39 is 0 Å². The molecule has 0 bridgehead atoms. The van der Waals surface area contributed by atoms with Crippen LogP contribution in [0.25, 0.3) is 5.69 Å². The second-order valence-corrected chi connectivity index (χ2v) is 9.50. The van der Waals surface area contributed by atoms with E-state index in [1.165, 1.54) is 12.7 Å². The molecule has 1 aliphatic heterocycles. The van der Waals surface area contributed by atoms with E-state index in [2.05, 4.69) is 74.6 Å². The number of amides is 1. The molecule has 8 heteroatoms. The average molecular weight is 512 g/mol. The van der Waals surface area contributed by atoms with Crippen molar-refractivity contribution in [2.75, 3.05) is 23.9 Å². The summed E-state index contributed by atoms with van der Waals surface area (Å²) in [6, 6.07) is 24.2. The van der Waals surface area contributed by atoms with Gasteiger partial charge >= 0.3 is 0 Å². The van der Waals surface area contributed by atoms with Gasteiger partial charge in [-0.3, -0.25) is 9.78 Å². The fourth-order valence-electron chi connectivity index (χ4n) is 4.76. The number of thiocarbonyl (C=S) groups is 1. The molecule has 0 saturated carbocycles. The van der Waals surface area contributed by atoms with Crippen molar-refractivity contribution in [3.8, 4) is 5.69 Å². The fraction of sp³-hybridized carbons (Fsp3) is 0.207. The summed E-state index contributed by atoms with van der Waals surface area (Å²) in [5.41, 5.74) is 6.89. The van der Waals surface area contributed by atoms with Gasteiger partial charge in [0.1, 0.15) is 12.6 Å². The first-order valence-electron chi connectivity index (χ1n) is 12.1. The highest BCUT2D eigenvalue weighted by Crippen LogP contribution is 2.42. The van der Waals surface area contributed by atoms with Crippen LogP contribution in [0.4, 0.5) is 11.4 Å². The summed E-state index contributed by atoms with van der Waals surface area (Å²) in [4.78, 5) is 18.9. The second kappa shape index (κ2) is 10.5. The molecular formula is C29H29N5O2S. The number of rotatable bonds is 7. The first-order chi connectivity index (χ1) is 18.0. The number of ether oxygens (including phenoxy) is 1. The highest BCUT2D eigenvalue weighted by Gasteiger charge is 2.42. The molecule has 5 rings (SSSR count). The monoisotopic (exact) mass is 511 g/mol. The Kier molecular flexibility index (Phi) is 7.03. The number of aryl methyl sites for hydroxylation is 2. The van der Waals surface area contributed by atoms with E-state index in [1.807, 2.05) is 43.3 Å². The number of aromatic nitrogens is 2. The number of nitrogens with one attached hydrogen (secondary N) is 2. The van der Waals surface area contributed by atoms with Gasteiger partial charge in [-0.25, -0.2) is 0 Å². The first-order valence-corrected chi connectivity index (χ1v) is 12.5. The zero-order valence-electron chi connectivity index (χ0n) is 21.0. The third kappa shape index (κ3) is 4.98. The van der Waals surface area contributed by atoms with Crippen LogP contribution in [0.2, 0.25) is 0 Å². The van der Waals surface area contributed by atoms with Crippen LogP contribution in [-0.4, -0.2) is 34.3 Å². The van der Waals surface area contributed by atoms with Crippen molar-refractivity contribution in [3.63, 3.8) is 0 Å². The van der Waals surface area contributed by atoms with Crippen LogP contribution in [0.5, 0.6) is 0 Å². The maximum absolute atomic E-state index is 12.1. The predicted octanol–water partition coefficient (Wildman–Crippen LogP) is 5.25. The number of carbonyl (C=O) groups excluding carboxylic acids is 1. The Hall–Kier alpha value is -4.01. The van der Waals surface area contributed by atoms with Crippen LogP contribution in [0.15, 0.2) is 85.2 Å². The molecule has 2 aromatic heterocycles. The maximum atomic E-state index is 12.1. The summed E-state index contributed by atoms with van der Waals surface area (Å²) in [6.07, 6.45) is 3.88. The summed E-state index contributed by atoms with van der Waals surface area (Å²) < 4.78 is 7.15. The summed E-state index contributed by atoms with van der Waals surface area (Å²) in [6.45, 7) is 4.06. The number of nitrogens with zero attached hydrogens (tertiary/aromatic N) is 3. The minimum Gasteiger partial charge on any atom is -0.375 e. The van der Waals surface area contributed by atoms with Gasteiger partial charge in [0, 0.05) is 42.3 Å². The molecule has 1 fully saturated rings. The third-order valence-corrected chi connectivity index (χ3v) is 6.85. The Balaban J connectivity index is 1.58. The largest absolute Gasteiger partial charge is 0.375 e. The molecular weight excluding hydrogens is 482 g/mol. The molecule has 37 heavy (non-hydrogen) atoms. The molecule has 2 atom stereocenters. The molecule has 1 saturated heterocycles.